The highest BCUT2D eigenvalue weighted by atomic mass is 127. The van der Waals surface area contributed by atoms with Gasteiger partial charge in [-0.1, -0.05) is 41.4 Å². The Morgan fingerprint density at radius 2 is 1.64 bits per heavy atom. The number of phenolic OH excluding ortho intramolecular Hbond substituents is 1. The van der Waals surface area contributed by atoms with Crippen LogP contribution >= 0.6 is 45.8 Å². The lowest BCUT2D eigenvalue weighted by Crippen LogP contribution is -2.43. The summed E-state index contributed by atoms with van der Waals surface area (Å²) in [6.07, 6.45) is 1.70. The van der Waals surface area contributed by atoms with Gasteiger partial charge in [0.05, 0.1) is 11.3 Å². The number of carbonyl (C=O) groups is 3. The van der Waals surface area contributed by atoms with Crippen molar-refractivity contribution < 1.29 is 24.2 Å². The van der Waals surface area contributed by atoms with Gasteiger partial charge in [-0.05, 0) is 111 Å². The molecule has 1 unspecified atom stereocenters. The number of halogens is 3. The average molecular weight is 723 g/mol. The standard InChI is InChI=1S/C32H33Cl2IN2O5/c1-32(2,3)42-28(39)6-4-5-16-36-26-14-12-23(35)19-25(26)30(40)37(17-15-20-7-9-21(33)10-8-20)29(31(36)41)24-13-11-22(34)18-27(24)38/h7-14,18-19,29,38H,4-6,15-17H2,1-3H3. The first-order valence-corrected chi connectivity index (χ1v) is 15.5. The Morgan fingerprint density at radius 1 is 0.952 bits per heavy atom. The Hall–Kier alpha value is -2.82. The number of hydrogen-bond acceptors (Lipinski definition) is 5. The number of unbranched alkanes of at least 4 members (excludes halogenated alkanes) is 1. The van der Waals surface area contributed by atoms with Crippen LogP contribution in [0.2, 0.25) is 10.0 Å². The maximum absolute atomic E-state index is 14.4. The van der Waals surface area contributed by atoms with E-state index in [2.05, 4.69) is 22.6 Å². The molecule has 0 saturated heterocycles. The third-order valence-corrected chi connectivity index (χ3v) is 7.98. The number of esters is 1. The van der Waals surface area contributed by atoms with Crippen molar-refractivity contribution >= 4 is 69.3 Å². The molecule has 1 aliphatic rings. The first-order valence-electron chi connectivity index (χ1n) is 13.7. The number of benzene rings is 3. The lowest BCUT2D eigenvalue weighted by atomic mass is 10.0. The van der Waals surface area contributed by atoms with Crippen molar-refractivity contribution in [2.75, 3.05) is 18.0 Å². The van der Waals surface area contributed by atoms with E-state index in [0.717, 1.165) is 9.13 Å². The maximum atomic E-state index is 14.4. The van der Waals surface area contributed by atoms with Crippen molar-refractivity contribution in [3.8, 4) is 5.75 Å². The van der Waals surface area contributed by atoms with Gasteiger partial charge in [0.1, 0.15) is 17.4 Å². The second-order valence-electron chi connectivity index (χ2n) is 11.2. The Morgan fingerprint density at radius 3 is 2.31 bits per heavy atom. The van der Waals surface area contributed by atoms with Crippen LogP contribution in [0.1, 0.15) is 67.6 Å². The number of fused-ring (bicyclic) bond motifs is 1. The van der Waals surface area contributed by atoms with Crippen LogP contribution in [0.4, 0.5) is 5.69 Å². The molecule has 0 saturated carbocycles. The summed E-state index contributed by atoms with van der Waals surface area (Å²) in [6, 6.07) is 16.2. The van der Waals surface area contributed by atoms with E-state index in [1.807, 2.05) is 39.0 Å². The molecule has 0 aromatic heterocycles. The number of anilines is 1. The molecule has 0 spiro atoms. The van der Waals surface area contributed by atoms with E-state index < -0.39 is 11.6 Å². The zero-order valence-electron chi connectivity index (χ0n) is 23.7. The number of phenols is 1. The fourth-order valence-corrected chi connectivity index (χ4v) is 5.71. The van der Waals surface area contributed by atoms with Crippen LogP contribution in [-0.2, 0) is 20.7 Å². The van der Waals surface area contributed by atoms with Gasteiger partial charge in [-0.25, -0.2) is 0 Å². The van der Waals surface area contributed by atoms with E-state index in [9.17, 15) is 19.5 Å². The average Bonchev–Trinajstić information content (AvgIpc) is 2.98. The van der Waals surface area contributed by atoms with Crippen molar-refractivity contribution in [2.45, 2.75) is 58.1 Å². The molecule has 222 valence electrons. The SMILES string of the molecule is CC(C)(C)OC(=O)CCCCN1C(=O)C(c2ccc(Cl)cc2O)N(CCc2ccc(Cl)cc2)C(=O)c2cc(I)ccc21. The summed E-state index contributed by atoms with van der Waals surface area (Å²) in [4.78, 5) is 44.0. The van der Waals surface area contributed by atoms with E-state index in [4.69, 9.17) is 27.9 Å². The molecule has 10 heteroatoms. The third kappa shape index (κ3) is 7.96. The zero-order valence-corrected chi connectivity index (χ0v) is 27.4. The van der Waals surface area contributed by atoms with Gasteiger partial charge in [0, 0.05) is 38.7 Å². The van der Waals surface area contributed by atoms with Crippen LogP contribution in [0.3, 0.4) is 0 Å². The fourth-order valence-electron chi connectivity index (χ4n) is 4.93. The Bertz CT molecular complexity index is 1470. The van der Waals surface area contributed by atoms with Crippen molar-refractivity contribution in [3.05, 3.63) is 91.0 Å². The van der Waals surface area contributed by atoms with Gasteiger partial charge in [0.25, 0.3) is 11.8 Å². The molecule has 0 radical (unpaired) electrons. The minimum Gasteiger partial charge on any atom is -0.508 e. The molecule has 1 aliphatic heterocycles. The predicted molar refractivity (Wildman–Crippen MR) is 173 cm³/mol. The number of carbonyl (C=O) groups excluding carboxylic acids is 3. The lowest BCUT2D eigenvalue weighted by Gasteiger charge is -2.32. The molecule has 1 atom stereocenters. The molecule has 0 aliphatic carbocycles. The number of nitrogens with zero attached hydrogens (tertiary/aromatic N) is 2. The van der Waals surface area contributed by atoms with Gasteiger partial charge in [-0.2, -0.15) is 0 Å². The Kier molecular flexibility index (Phi) is 10.4. The molecule has 3 aromatic rings. The topological polar surface area (TPSA) is 87.2 Å². The summed E-state index contributed by atoms with van der Waals surface area (Å²) in [5.74, 6) is -1.14. The smallest absolute Gasteiger partial charge is 0.306 e. The first-order chi connectivity index (χ1) is 19.8. The first kappa shape index (κ1) is 32.1. The number of hydrogen-bond donors (Lipinski definition) is 1. The van der Waals surface area contributed by atoms with Gasteiger partial charge < -0.3 is 19.6 Å². The largest absolute Gasteiger partial charge is 0.508 e. The fraction of sp³-hybridized carbons (Fsp3) is 0.344. The highest BCUT2D eigenvalue weighted by Gasteiger charge is 2.41. The molecule has 7 nitrogen and oxygen atoms in total. The maximum Gasteiger partial charge on any atom is 0.306 e. The number of ether oxygens (including phenoxy) is 1. The van der Waals surface area contributed by atoms with Gasteiger partial charge in [-0.15, -0.1) is 0 Å². The molecule has 1 heterocycles. The quantitative estimate of drug-likeness (QED) is 0.140. The molecule has 42 heavy (non-hydrogen) atoms. The molecular formula is C32H33Cl2IN2O5. The Labute approximate surface area is 269 Å². The lowest BCUT2D eigenvalue weighted by molar-refractivity contribution is -0.154. The molecule has 2 amide bonds. The van der Waals surface area contributed by atoms with Gasteiger partial charge in [0.15, 0.2) is 0 Å². The molecule has 3 aromatic carbocycles. The predicted octanol–water partition coefficient (Wildman–Crippen LogP) is 7.59. The molecular weight excluding hydrogens is 690 g/mol. The second kappa shape index (κ2) is 13.7. The van der Waals surface area contributed by atoms with Crippen LogP contribution in [0, 0.1) is 3.57 Å². The van der Waals surface area contributed by atoms with Crippen molar-refractivity contribution in [1.82, 2.24) is 4.90 Å². The summed E-state index contributed by atoms with van der Waals surface area (Å²) in [6.45, 7) is 5.96. The van der Waals surface area contributed by atoms with Crippen molar-refractivity contribution in [1.29, 1.82) is 0 Å². The summed E-state index contributed by atoms with van der Waals surface area (Å²) in [5, 5.41) is 11.8. The zero-order chi connectivity index (χ0) is 30.6. The number of rotatable bonds is 9. The van der Waals surface area contributed by atoms with Crippen LogP contribution in [0.25, 0.3) is 0 Å². The highest BCUT2D eigenvalue weighted by molar-refractivity contribution is 14.1. The minimum absolute atomic E-state index is 0.171. The third-order valence-electron chi connectivity index (χ3n) is 6.83. The molecule has 1 N–H and O–H groups in total. The van der Waals surface area contributed by atoms with Crippen LogP contribution in [-0.4, -0.2) is 46.5 Å². The summed E-state index contributed by atoms with van der Waals surface area (Å²) < 4.78 is 6.27. The van der Waals surface area contributed by atoms with Crippen molar-refractivity contribution in [3.63, 3.8) is 0 Å². The van der Waals surface area contributed by atoms with Crippen LogP contribution in [0.15, 0.2) is 60.7 Å². The highest BCUT2D eigenvalue weighted by Crippen LogP contribution is 2.39. The molecule has 4 rings (SSSR count). The molecule has 0 fully saturated rings. The number of amides is 2. The van der Waals surface area contributed by atoms with Gasteiger partial charge >= 0.3 is 5.97 Å². The summed E-state index contributed by atoms with van der Waals surface area (Å²) in [7, 11) is 0. The van der Waals surface area contributed by atoms with E-state index in [0.29, 0.717) is 40.6 Å². The monoisotopic (exact) mass is 722 g/mol. The minimum atomic E-state index is -1.10. The Balaban J connectivity index is 1.70. The van der Waals surface area contributed by atoms with Crippen molar-refractivity contribution in [2.24, 2.45) is 0 Å². The van der Waals surface area contributed by atoms with E-state index >= 15 is 0 Å². The van der Waals surface area contributed by atoms with E-state index in [-0.39, 0.29) is 48.6 Å². The van der Waals surface area contributed by atoms with Gasteiger partial charge in [0.2, 0.25) is 0 Å². The van der Waals surface area contributed by atoms with E-state index in [1.165, 1.54) is 11.0 Å². The van der Waals surface area contributed by atoms with Crippen LogP contribution in [0.5, 0.6) is 5.75 Å². The van der Waals surface area contributed by atoms with E-state index in [1.54, 1.807) is 41.3 Å². The van der Waals surface area contributed by atoms with Crippen LogP contribution < -0.4 is 4.90 Å². The second-order valence-corrected chi connectivity index (χ2v) is 13.3. The molecule has 0 bridgehead atoms. The number of aromatic hydroxyl groups is 1. The summed E-state index contributed by atoms with van der Waals surface area (Å²) >= 11 is 14.3. The normalized spacial score (nSPS) is 15.4. The summed E-state index contributed by atoms with van der Waals surface area (Å²) in [5.41, 5.74) is 1.56. The van der Waals surface area contributed by atoms with Gasteiger partial charge in [-0.3, -0.25) is 14.4 Å².